The number of amides is 1. The third-order valence-corrected chi connectivity index (χ3v) is 4.78. The van der Waals surface area contributed by atoms with Crippen molar-refractivity contribution in [3.05, 3.63) is 113 Å². The second-order valence-corrected chi connectivity index (χ2v) is 6.82. The second kappa shape index (κ2) is 8.49. The third-order valence-electron chi connectivity index (χ3n) is 4.78. The van der Waals surface area contributed by atoms with Crippen molar-refractivity contribution < 1.29 is 9.53 Å². The second-order valence-electron chi connectivity index (χ2n) is 6.82. The number of benzene rings is 3. The number of nitrogens with two attached hydrogens (primary N) is 1. The molecule has 0 atom stereocenters. The Labute approximate surface area is 174 Å². The molecule has 0 aliphatic rings. The van der Waals surface area contributed by atoms with Crippen LogP contribution in [0.15, 0.2) is 102 Å². The number of nitrogens with zero attached hydrogens (tertiary/aromatic N) is 1. The standard InChI is InChI=1S/C25H20N2O3/c26-25(29)30-23-21(19-12-6-2-7-13-19)17-27(16-18-10-4-1-5-11-18)24(28)22(23)20-14-8-3-9-15-20/h1-15,17H,16H2,(H2,26,29). The van der Waals surface area contributed by atoms with E-state index < -0.39 is 6.09 Å². The molecule has 0 fully saturated rings. The highest BCUT2D eigenvalue weighted by atomic mass is 16.5. The number of aromatic nitrogens is 1. The Bertz CT molecular complexity index is 1220. The predicted molar refractivity (Wildman–Crippen MR) is 117 cm³/mol. The number of carbonyl (C=O) groups excluding carboxylic acids is 1. The molecular formula is C25H20N2O3. The largest absolute Gasteiger partial charge is 0.410 e. The molecule has 2 N–H and O–H groups in total. The van der Waals surface area contributed by atoms with Gasteiger partial charge in [-0.2, -0.15) is 0 Å². The minimum absolute atomic E-state index is 0.161. The Morgan fingerprint density at radius 3 is 1.90 bits per heavy atom. The van der Waals surface area contributed by atoms with E-state index in [-0.39, 0.29) is 11.3 Å². The maximum absolute atomic E-state index is 13.5. The molecule has 30 heavy (non-hydrogen) atoms. The molecule has 0 aliphatic carbocycles. The fourth-order valence-electron chi connectivity index (χ4n) is 3.44. The van der Waals surface area contributed by atoms with Crippen LogP contribution < -0.4 is 16.0 Å². The summed E-state index contributed by atoms with van der Waals surface area (Å²) in [7, 11) is 0. The number of pyridine rings is 1. The smallest absolute Gasteiger partial charge is 0.409 e. The highest BCUT2D eigenvalue weighted by Gasteiger charge is 2.21. The molecule has 148 valence electrons. The molecule has 0 unspecified atom stereocenters. The average Bonchev–Trinajstić information content (AvgIpc) is 2.77. The molecule has 1 amide bonds. The summed E-state index contributed by atoms with van der Waals surface area (Å²) in [5.41, 5.74) is 8.46. The molecule has 4 aromatic rings. The summed E-state index contributed by atoms with van der Waals surface area (Å²) in [6, 6.07) is 28.3. The molecule has 0 radical (unpaired) electrons. The molecular weight excluding hydrogens is 376 g/mol. The Hall–Kier alpha value is -4.12. The van der Waals surface area contributed by atoms with Gasteiger partial charge in [0.1, 0.15) is 0 Å². The third kappa shape index (κ3) is 4.00. The van der Waals surface area contributed by atoms with Crippen LogP contribution in [-0.4, -0.2) is 10.7 Å². The van der Waals surface area contributed by atoms with Gasteiger partial charge in [0.2, 0.25) is 0 Å². The highest BCUT2D eigenvalue weighted by Crippen LogP contribution is 2.37. The molecule has 5 heteroatoms. The van der Waals surface area contributed by atoms with Crippen molar-refractivity contribution >= 4 is 6.09 Å². The Morgan fingerprint density at radius 1 is 0.800 bits per heavy atom. The van der Waals surface area contributed by atoms with Crippen LogP contribution in [0.2, 0.25) is 0 Å². The molecule has 3 aromatic carbocycles. The van der Waals surface area contributed by atoms with Gasteiger partial charge in [-0.3, -0.25) is 4.79 Å². The first-order valence-corrected chi connectivity index (χ1v) is 9.53. The summed E-state index contributed by atoms with van der Waals surface area (Å²) in [5, 5.41) is 0. The Balaban J connectivity index is 2.01. The molecule has 0 spiro atoms. The fraction of sp³-hybridized carbons (Fsp3) is 0.0400. The van der Waals surface area contributed by atoms with Crippen molar-refractivity contribution in [1.29, 1.82) is 0 Å². The van der Waals surface area contributed by atoms with Crippen LogP contribution in [0.5, 0.6) is 5.75 Å². The molecule has 0 saturated carbocycles. The van der Waals surface area contributed by atoms with Gasteiger partial charge in [0.05, 0.1) is 12.1 Å². The van der Waals surface area contributed by atoms with Gasteiger partial charge in [0, 0.05) is 11.8 Å². The van der Waals surface area contributed by atoms with Crippen molar-refractivity contribution in [1.82, 2.24) is 4.57 Å². The normalized spacial score (nSPS) is 10.5. The molecule has 0 aliphatic heterocycles. The summed E-state index contributed by atoms with van der Waals surface area (Å²) in [6.07, 6.45) is 0.750. The van der Waals surface area contributed by atoms with E-state index in [9.17, 15) is 9.59 Å². The lowest BCUT2D eigenvalue weighted by atomic mass is 9.99. The van der Waals surface area contributed by atoms with Gasteiger partial charge in [-0.1, -0.05) is 91.0 Å². The van der Waals surface area contributed by atoms with Crippen LogP contribution >= 0.6 is 0 Å². The number of hydrogen-bond donors (Lipinski definition) is 1. The van der Waals surface area contributed by atoms with E-state index in [0.29, 0.717) is 23.2 Å². The van der Waals surface area contributed by atoms with Crippen molar-refractivity contribution in [2.75, 3.05) is 0 Å². The van der Waals surface area contributed by atoms with Gasteiger partial charge in [-0.25, -0.2) is 4.79 Å². The van der Waals surface area contributed by atoms with Crippen LogP contribution in [0.1, 0.15) is 5.56 Å². The number of rotatable bonds is 5. The van der Waals surface area contributed by atoms with Gasteiger partial charge < -0.3 is 15.0 Å². The van der Waals surface area contributed by atoms with E-state index >= 15 is 0 Å². The molecule has 0 bridgehead atoms. The predicted octanol–water partition coefficient (Wildman–Crippen LogP) is 4.69. The van der Waals surface area contributed by atoms with Crippen molar-refractivity contribution in [2.24, 2.45) is 5.73 Å². The first kappa shape index (κ1) is 19.2. The topological polar surface area (TPSA) is 74.3 Å². The van der Waals surface area contributed by atoms with Crippen LogP contribution in [0.4, 0.5) is 4.79 Å². The number of hydrogen-bond acceptors (Lipinski definition) is 3. The van der Waals surface area contributed by atoms with Crippen molar-refractivity contribution in [3.63, 3.8) is 0 Å². The SMILES string of the molecule is NC(=O)Oc1c(-c2ccccc2)cn(Cc2ccccc2)c(=O)c1-c1ccccc1. The van der Waals surface area contributed by atoms with Gasteiger partial charge in [-0.05, 0) is 16.7 Å². The van der Waals surface area contributed by atoms with E-state index in [1.54, 1.807) is 10.8 Å². The maximum atomic E-state index is 13.5. The average molecular weight is 396 g/mol. The number of primary amides is 1. The van der Waals surface area contributed by atoms with Crippen molar-refractivity contribution in [2.45, 2.75) is 6.54 Å². The zero-order valence-corrected chi connectivity index (χ0v) is 16.2. The van der Waals surface area contributed by atoms with E-state index in [4.69, 9.17) is 10.5 Å². The van der Waals surface area contributed by atoms with Crippen LogP contribution in [-0.2, 0) is 6.54 Å². The first-order valence-electron chi connectivity index (χ1n) is 9.53. The van der Waals surface area contributed by atoms with E-state index in [0.717, 1.165) is 11.1 Å². The minimum atomic E-state index is -0.968. The van der Waals surface area contributed by atoms with Crippen LogP contribution in [0, 0.1) is 0 Å². The lowest BCUT2D eigenvalue weighted by Crippen LogP contribution is -2.25. The number of ether oxygens (including phenoxy) is 1. The summed E-state index contributed by atoms with van der Waals surface area (Å²) in [6.45, 7) is 0.385. The lowest BCUT2D eigenvalue weighted by molar-refractivity contribution is 0.211. The first-order chi connectivity index (χ1) is 14.6. The lowest BCUT2D eigenvalue weighted by Gasteiger charge is -2.17. The number of carbonyl (C=O) groups is 1. The monoisotopic (exact) mass is 396 g/mol. The Morgan fingerprint density at radius 2 is 1.33 bits per heavy atom. The highest BCUT2D eigenvalue weighted by molar-refractivity contribution is 5.85. The molecule has 4 rings (SSSR count). The summed E-state index contributed by atoms with van der Waals surface area (Å²) in [4.78, 5) is 25.2. The molecule has 5 nitrogen and oxygen atoms in total. The van der Waals surface area contributed by atoms with Crippen LogP contribution in [0.3, 0.4) is 0 Å². The van der Waals surface area contributed by atoms with Gasteiger partial charge in [-0.15, -0.1) is 0 Å². The zero-order valence-electron chi connectivity index (χ0n) is 16.2. The van der Waals surface area contributed by atoms with Gasteiger partial charge in [0.15, 0.2) is 5.75 Å². The molecule has 1 aromatic heterocycles. The van der Waals surface area contributed by atoms with Gasteiger partial charge in [0.25, 0.3) is 5.56 Å². The zero-order chi connectivity index (χ0) is 20.9. The fourth-order valence-corrected chi connectivity index (χ4v) is 3.44. The minimum Gasteiger partial charge on any atom is -0.409 e. The maximum Gasteiger partial charge on any atom is 0.410 e. The van der Waals surface area contributed by atoms with Gasteiger partial charge >= 0.3 is 6.09 Å². The van der Waals surface area contributed by atoms with E-state index in [2.05, 4.69) is 0 Å². The summed E-state index contributed by atoms with van der Waals surface area (Å²) < 4.78 is 7.03. The molecule has 0 saturated heterocycles. The van der Waals surface area contributed by atoms with E-state index in [1.807, 2.05) is 91.0 Å². The Kier molecular flexibility index (Phi) is 5.44. The summed E-state index contributed by atoms with van der Waals surface area (Å²) >= 11 is 0. The van der Waals surface area contributed by atoms with E-state index in [1.165, 1.54) is 0 Å². The quantitative estimate of drug-likeness (QED) is 0.532. The van der Waals surface area contributed by atoms with Crippen LogP contribution in [0.25, 0.3) is 22.3 Å². The molecule has 1 heterocycles. The van der Waals surface area contributed by atoms with Crippen molar-refractivity contribution in [3.8, 4) is 28.0 Å². The summed E-state index contributed by atoms with van der Waals surface area (Å²) in [5.74, 6) is 0.161.